The van der Waals surface area contributed by atoms with Gasteiger partial charge < -0.3 is 10.0 Å². The SMILES string of the molecule is CC(S)C(=O)N(C)[C@@H](Cc1ccccc1)C(=O)O. The maximum absolute atomic E-state index is 11.8. The molecule has 1 amide bonds. The van der Waals surface area contributed by atoms with E-state index in [1.807, 2.05) is 30.3 Å². The van der Waals surface area contributed by atoms with Gasteiger partial charge in [-0.15, -0.1) is 0 Å². The second-order valence-corrected chi connectivity index (χ2v) is 4.94. The van der Waals surface area contributed by atoms with Crippen LogP contribution in [0.1, 0.15) is 12.5 Å². The molecule has 0 bridgehead atoms. The molecular weight excluding hydrogens is 250 g/mol. The Morgan fingerprint density at radius 2 is 1.89 bits per heavy atom. The first-order valence-corrected chi connectivity index (χ1v) is 6.16. The minimum absolute atomic E-state index is 0.290. The number of hydrogen-bond acceptors (Lipinski definition) is 3. The van der Waals surface area contributed by atoms with Crippen LogP contribution in [0.4, 0.5) is 0 Å². The zero-order valence-electron chi connectivity index (χ0n) is 10.4. The van der Waals surface area contributed by atoms with E-state index >= 15 is 0 Å². The zero-order chi connectivity index (χ0) is 13.7. The molecule has 0 aromatic heterocycles. The number of carboxylic acids is 1. The minimum atomic E-state index is -1.01. The molecule has 5 heteroatoms. The lowest BCUT2D eigenvalue weighted by atomic mass is 10.0. The third-order valence-corrected chi connectivity index (χ3v) is 2.95. The quantitative estimate of drug-likeness (QED) is 0.794. The van der Waals surface area contributed by atoms with Crippen LogP contribution >= 0.6 is 12.6 Å². The fourth-order valence-electron chi connectivity index (χ4n) is 1.68. The predicted molar refractivity (Wildman–Crippen MR) is 72.8 cm³/mol. The van der Waals surface area contributed by atoms with E-state index in [1.165, 1.54) is 11.9 Å². The van der Waals surface area contributed by atoms with Crippen LogP contribution in [0.5, 0.6) is 0 Å². The van der Waals surface area contributed by atoms with Crippen molar-refractivity contribution in [1.82, 2.24) is 4.90 Å². The topological polar surface area (TPSA) is 57.6 Å². The van der Waals surface area contributed by atoms with E-state index in [4.69, 9.17) is 0 Å². The van der Waals surface area contributed by atoms with Crippen LogP contribution in [0.3, 0.4) is 0 Å². The molecule has 0 fully saturated rings. The highest BCUT2D eigenvalue weighted by atomic mass is 32.1. The molecule has 0 radical (unpaired) electrons. The van der Waals surface area contributed by atoms with Gasteiger partial charge in [0.25, 0.3) is 0 Å². The van der Waals surface area contributed by atoms with Crippen LogP contribution in [0, 0.1) is 0 Å². The van der Waals surface area contributed by atoms with E-state index in [9.17, 15) is 14.7 Å². The summed E-state index contributed by atoms with van der Waals surface area (Å²) in [4.78, 5) is 24.3. The third-order valence-electron chi connectivity index (χ3n) is 2.73. The normalized spacial score (nSPS) is 13.7. The Labute approximate surface area is 112 Å². The van der Waals surface area contributed by atoms with Gasteiger partial charge in [-0.2, -0.15) is 12.6 Å². The summed E-state index contributed by atoms with van der Waals surface area (Å²) >= 11 is 4.04. The lowest BCUT2D eigenvalue weighted by molar-refractivity contribution is -0.148. The van der Waals surface area contributed by atoms with E-state index in [0.29, 0.717) is 6.42 Å². The molecule has 0 aliphatic rings. The van der Waals surface area contributed by atoms with Crippen LogP contribution in [0.2, 0.25) is 0 Å². The van der Waals surface area contributed by atoms with Crippen LogP contribution in [0.15, 0.2) is 30.3 Å². The van der Waals surface area contributed by atoms with E-state index in [0.717, 1.165) is 5.56 Å². The predicted octanol–water partition coefficient (Wildman–Crippen LogP) is 1.46. The number of nitrogens with zero attached hydrogens (tertiary/aromatic N) is 1. The molecule has 18 heavy (non-hydrogen) atoms. The molecule has 1 aromatic rings. The maximum atomic E-state index is 11.8. The first-order valence-electron chi connectivity index (χ1n) is 5.65. The van der Waals surface area contributed by atoms with E-state index in [1.54, 1.807) is 6.92 Å². The number of likely N-dealkylation sites (N-methyl/N-ethyl adjacent to an activating group) is 1. The summed E-state index contributed by atoms with van der Waals surface area (Å²) in [5.74, 6) is -1.30. The molecule has 0 heterocycles. The van der Waals surface area contributed by atoms with Gasteiger partial charge in [-0.1, -0.05) is 30.3 Å². The van der Waals surface area contributed by atoms with Crippen molar-refractivity contribution in [2.45, 2.75) is 24.6 Å². The van der Waals surface area contributed by atoms with Gasteiger partial charge in [-0.3, -0.25) is 4.79 Å². The van der Waals surface area contributed by atoms with E-state index < -0.39 is 17.3 Å². The number of aliphatic carboxylic acids is 1. The summed E-state index contributed by atoms with van der Waals surface area (Å²) in [5.41, 5.74) is 0.886. The Balaban J connectivity index is 2.84. The molecular formula is C13H17NO3S. The fourth-order valence-corrected chi connectivity index (χ4v) is 1.86. The minimum Gasteiger partial charge on any atom is -0.480 e. The first kappa shape index (κ1) is 14.6. The zero-order valence-corrected chi connectivity index (χ0v) is 11.3. The molecule has 2 atom stereocenters. The summed E-state index contributed by atoms with van der Waals surface area (Å²) in [6, 6.07) is 8.38. The Hall–Kier alpha value is -1.49. The Kier molecular flexibility index (Phi) is 5.22. The summed E-state index contributed by atoms with van der Waals surface area (Å²) in [5, 5.41) is 8.71. The molecule has 1 N–H and O–H groups in total. The number of rotatable bonds is 5. The average Bonchev–Trinajstić information content (AvgIpc) is 2.35. The molecule has 0 aliphatic carbocycles. The average molecular weight is 267 g/mol. The molecule has 0 spiro atoms. The lowest BCUT2D eigenvalue weighted by Gasteiger charge is -2.26. The number of carbonyl (C=O) groups is 2. The lowest BCUT2D eigenvalue weighted by Crippen LogP contribution is -2.46. The highest BCUT2D eigenvalue weighted by molar-refractivity contribution is 7.81. The Morgan fingerprint density at radius 1 is 1.33 bits per heavy atom. The van der Waals surface area contributed by atoms with Crippen LogP contribution in [-0.2, 0) is 16.0 Å². The standard InChI is InChI=1S/C13H17NO3S/c1-9(18)12(15)14(2)11(13(16)17)8-10-6-4-3-5-7-10/h3-7,9,11,18H,8H2,1-2H3,(H,16,17)/t9?,11-/m0/s1. The van der Waals surface area contributed by atoms with Crippen molar-refractivity contribution in [3.8, 4) is 0 Å². The number of amides is 1. The highest BCUT2D eigenvalue weighted by Crippen LogP contribution is 2.11. The second kappa shape index (κ2) is 6.44. The summed E-state index contributed by atoms with van der Waals surface area (Å²) < 4.78 is 0. The monoisotopic (exact) mass is 267 g/mol. The second-order valence-electron chi connectivity index (χ2n) is 4.17. The smallest absolute Gasteiger partial charge is 0.326 e. The van der Waals surface area contributed by atoms with Gasteiger partial charge in [-0.05, 0) is 12.5 Å². The molecule has 1 unspecified atom stereocenters. The van der Waals surface area contributed by atoms with Crippen molar-refractivity contribution < 1.29 is 14.7 Å². The van der Waals surface area contributed by atoms with Gasteiger partial charge in [0.2, 0.25) is 5.91 Å². The van der Waals surface area contributed by atoms with Gasteiger partial charge >= 0.3 is 5.97 Å². The molecule has 0 aliphatic heterocycles. The van der Waals surface area contributed by atoms with Gasteiger partial charge in [0.15, 0.2) is 0 Å². The maximum Gasteiger partial charge on any atom is 0.326 e. The van der Waals surface area contributed by atoms with Crippen LogP contribution < -0.4 is 0 Å². The van der Waals surface area contributed by atoms with Gasteiger partial charge in [0, 0.05) is 13.5 Å². The van der Waals surface area contributed by atoms with Crippen molar-refractivity contribution in [3.63, 3.8) is 0 Å². The number of carboxylic acid groups (broad SMARTS) is 1. The molecule has 1 aromatic carbocycles. The van der Waals surface area contributed by atoms with Crippen LogP contribution in [-0.4, -0.2) is 40.2 Å². The fraction of sp³-hybridized carbons (Fsp3) is 0.385. The molecule has 0 saturated heterocycles. The summed E-state index contributed by atoms with van der Waals surface area (Å²) in [6.45, 7) is 1.63. The Bertz CT molecular complexity index is 420. The summed E-state index contributed by atoms with van der Waals surface area (Å²) in [6.07, 6.45) is 0.291. The van der Waals surface area contributed by atoms with Crippen molar-refractivity contribution in [1.29, 1.82) is 0 Å². The number of carbonyl (C=O) groups excluding carboxylic acids is 1. The van der Waals surface area contributed by atoms with Crippen molar-refractivity contribution in [2.24, 2.45) is 0 Å². The van der Waals surface area contributed by atoms with Gasteiger partial charge in [0.05, 0.1) is 5.25 Å². The Morgan fingerprint density at radius 3 is 2.33 bits per heavy atom. The number of hydrogen-bond donors (Lipinski definition) is 2. The van der Waals surface area contributed by atoms with Crippen LogP contribution in [0.25, 0.3) is 0 Å². The number of benzene rings is 1. The highest BCUT2D eigenvalue weighted by Gasteiger charge is 2.28. The van der Waals surface area contributed by atoms with E-state index in [2.05, 4.69) is 12.6 Å². The van der Waals surface area contributed by atoms with Gasteiger partial charge in [0.1, 0.15) is 6.04 Å². The van der Waals surface area contributed by atoms with E-state index in [-0.39, 0.29) is 5.91 Å². The first-order chi connectivity index (χ1) is 8.43. The van der Waals surface area contributed by atoms with Gasteiger partial charge in [-0.25, -0.2) is 4.79 Å². The van der Waals surface area contributed by atoms with Crippen molar-refractivity contribution >= 4 is 24.5 Å². The van der Waals surface area contributed by atoms with Crippen molar-refractivity contribution in [2.75, 3.05) is 7.05 Å². The largest absolute Gasteiger partial charge is 0.480 e. The summed E-state index contributed by atoms with van der Waals surface area (Å²) in [7, 11) is 1.50. The number of thiol groups is 1. The third kappa shape index (κ3) is 3.77. The molecule has 1 rings (SSSR count). The molecule has 4 nitrogen and oxygen atoms in total. The van der Waals surface area contributed by atoms with Crippen molar-refractivity contribution in [3.05, 3.63) is 35.9 Å². The molecule has 0 saturated carbocycles. The molecule has 98 valence electrons.